The summed E-state index contributed by atoms with van der Waals surface area (Å²) in [7, 11) is 0. The lowest BCUT2D eigenvalue weighted by Crippen LogP contribution is -2.31. The highest BCUT2D eigenvalue weighted by Gasteiger charge is 2.14. The van der Waals surface area contributed by atoms with Gasteiger partial charge in [0.05, 0.1) is 21.7 Å². The molecule has 0 saturated carbocycles. The van der Waals surface area contributed by atoms with Crippen molar-refractivity contribution in [3.05, 3.63) is 55.6 Å². The number of carbonyl (C=O) groups excluding carboxylic acids is 3. The maximum absolute atomic E-state index is 11.9. The average Bonchev–Trinajstić information content (AvgIpc) is 3.05. The third-order valence-corrected chi connectivity index (χ3v) is 5.32. The van der Waals surface area contributed by atoms with E-state index >= 15 is 0 Å². The summed E-state index contributed by atoms with van der Waals surface area (Å²) in [6.07, 6.45) is -0.0590. The van der Waals surface area contributed by atoms with Crippen LogP contribution in [0, 0.1) is 0 Å². The number of hydrogen-bond acceptors (Lipinski definition) is 5. The van der Waals surface area contributed by atoms with E-state index in [9.17, 15) is 14.4 Å². The van der Waals surface area contributed by atoms with E-state index in [0.717, 1.165) is 10.0 Å². The number of halogens is 2. The smallest absolute Gasteiger partial charge is 0.306 e. The minimum Gasteiger partial charge on any atom is -0.456 e. The van der Waals surface area contributed by atoms with Crippen LogP contribution in [0.15, 0.2) is 40.9 Å². The highest BCUT2D eigenvalue weighted by molar-refractivity contribution is 9.10. The second-order valence-corrected chi connectivity index (χ2v) is 8.16. The molecule has 0 bridgehead atoms. The fourth-order valence-electron chi connectivity index (χ4n) is 2.14. The molecule has 0 aliphatic heterocycles. The number of esters is 1. The maximum atomic E-state index is 11.9. The van der Waals surface area contributed by atoms with Gasteiger partial charge in [-0.1, -0.05) is 39.7 Å². The molecular formula is C18H17BrClNO4S. The Hall–Kier alpha value is -1.70. The van der Waals surface area contributed by atoms with Crippen LogP contribution in [0.4, 0.5) is 0 Å². The zero-order valence-electron chi connectivity index (χ0n) is 14.0. The van der Waals surface area contributed by atoms with Gasteiger partial charge in [-0.15, -0.1) is 11.3 Å². The average molecular weight is 459 g/mol. The predicted molar refractivity (Wildman–Crippen MR) is 105 cm³/mol. The summed E-state index contributed by atoms with van der Waals surface area (Å²) < 4.78 is 6.39. The third kappa shape index (κ3) is 6.55. The summed E-state index contributed by atoms with van der Waals surface area (Å²) in [5, 5.41) is 2.75. The summed E-state index contributed by atoms with van der Waals surface area (Å²) in [4.78, 5) is 36.0. The lowest BCUT2D eigenvalue weighted by Gasteiger charge is -2.14. The molecule has 5 nitrogen and oxygen atoms in total. The fraction of sp³-hybridized carbons (Fsp3) is 0.278. The Morgan fingerprint density at radius 3 is 2.46 bits per heavy atom. The lowest BCUT2D eigenvalue weighted by atomic mass is 10.1. The van der Waals surface area contributed by atoms with Gasteiger partial charge in [0.2, 0.25) is 0 Å². The lowest BCUT2D eigenvalue weighted by molar-refractivity contribution is -0.148. The maximum Gasteiger partial charge on any atom is 0.306 e. The van der Waals surface area contributed by atoms with Crippen LogP contribution in [0.1, 0.15) is 41.0 Å². The van der Waals surface area contributed by atoms with Gasteiger partial charge in [-0.2, -0.15) is 0 Å². The molecule has 1 atom stereocenters. The number of hydrogen-bond donors (Lipinski definition) is 1. The molecule has 0 fully saturated rings. The van der Waals surface area contributed by atoms with E-state index in [-0.39, 0.29) is 31.3 Å². The minimum atomic E-state index is -0.590. The fourth-order valence-corrected chi connectivity index (χ4v) is 3.41. The first-order valence-electron chi connectivity index (χ1n) is 7.84. The van der Waals surface area contributed by atoms with Crippen molar-refractivity contribution in [2.24, 2.45) is 0 Å². The number of amides is 1. The van der Waals surface area contributed by atoms with Crippen LogP contribution >= 0.6 is 38.9 Å². The van der Waals surface area contributed by atoms with Crippen molar-refractivity contribution in [1.29, 1.82) is 0 Å². The minimum absolute atomic E-state index is 0.0204. The Bertz CT molecular complexity index is 791. The van der Waals surface area contributed by atoms with Gasteiger partial charge in [0.25, 0.3) is 5.91 Å². The monoisotopic (exact) mass is 457 g/mol. The highest BCUT2D eigenvalue weighted by Crippen LogP contribution is 2.23. The molecule has 26 heavy (non-hydrogen) atoms. The van der Waals surface area contributed by atoms with Crippen LogP contribution in [0.2, 0.25) is 4.34 Å². The van der Waals surface area contributed by atoms with Gasteiger partial charge in [-0.25, -0.2) is 0 Å². The molecule has 1 aromatic carbocycles. The largest absolute Gasteiger partial charge is 0.456 e. The number of ether oxygens (including phenoxy) is 1. The Morgan fingerprint density at radius 1 is 1.15 bits per heavy atom. The van der Waals surface area contributed by atoms with Gasteiger partial charge in [0.15, 0.2) is 12.4 Å². The standard InChI is InChI=1S/C18H17BrClNO4S/c1-11(12-2-4-13(19)5-3-12)21-17(23)10-25-18(24)9-6-14(22)15-7-8-16(20)26-15/h2-5,7-8,11H,6,9-10H2,1H3,(H,21,23). The van der Waals surface area contributed by atoms with Crippen LogP contribution in [-0.2, 0) is 14.3 Å². The first-order chi connectivity index (χ1) is 12.3. The molecule has 0 aliphatic rings. The molecule has 8 heteroatoms. The Kier molecular flexibility index (Phi) is 7.81. The van der Waals surface area contributed by atoms with Crippen molar-refractivity contribution >= 4 is 56.5 Å². The summed E-state index contributed by atoms with van der Waals surface area (Å²) in [6.45, 7) is 1.46. The second-order valence-electron chi connectivity index (χ2n) is 5.53. The molecule has 0 spiro atoms. The topological polar surface area (TPSA) is 72.5 Å². The van der Waals surface area contributed by atoms with E-state index in [4.69, 9.17) is 16.3 Å². The van der Waals surface area contributed by atoms with Crippen LogP contribution < -0.4 is 5.32 Å². The third-order valence-electron chi connectivity index (χ3n) is 3.52. The second kappa shape index (κ2) is 9.85. The first kappa shape index (κ1) is 20.6. The summed E-state index contributed by atoms with van der Waals surface area (Å²) in [6, 6.07) is 10.6. The number of nitrogens with one attached hydrogen (secondary N) is 1. The molecule has 138 valence electrons. The van der Waals surface area contributed by atoms with E-state index in [1.165, 1.54) is 11.3 Å². The van der Waals surface area contributed by atoms with Crippen molar-refractivity contribution < 1.29 is 19.1 Å². The van der Waals surface area contributed by atoms with Gasteiger partial charge in [-0.05, 0) is 36.8 Å². The van der Waals surface area contributed by atoms with E-state index in [2.05, 4.69) is 21.2 Å². The van der Waals surface area contributed by atoms with E-state index in [1.807, 2.05) is 31.2 Å². The number of carbonyl (C=O) groups is 3. The molecule has 2 rings (SSSR count). The van der Waals surface area contributed by atoms with Gasteiger partial charge in [0.1, 0.15) is 0 Å². The Morgan fingerprint density at radius 2 is 1.85 bits per heavy atom. The van der Waals surface area contributed by atoms with Crippen LogP contribution in [0.25, 0.3) is 0 Å². The zero-order chi connectivity index (χ0) is 19.1. The Balaban J connectivity index is 1.70. The number of benzene rings is 1. The number of ketones is 1. The van der Waals surface area contributed by atoms with E-state index in [1.54, 1.807) is 12.1 Å². The number of thiophene rings is 1. The number of rotatable bonds is 8. The summed E-state index contributed by atoms with van der Waals surface area (Å²) in [5.74, 6) is -1.16. The SMILES string of the molecule is CC(NC(=O)COC(=O)CCC(=O)c1ccc(Cl)s1)c1ccc(Br)cc1. The highest BCUT2D eigenvalue weighted by atomic mass is 79.9. The molecule has 1 unspecified atom stereocenters. The molecule has 0 radical (unpaired) electrons. The van der Waals surface area contributed by atoms with Gasteiger partial charge in [0, 0.05) is 10.9 Å². The molecule has 0 saturated heterocycles. The van der Waals surface area contributed by atoms with Crippen molar-refractivity contribution in [2.75, 3.05) is 6.61 Å². The van der Waals surface area contributed by atoms with Crippen LogP contribution in [0.3, 0.4) is 0 Å². The van der Waals surface area contributed by atoms with E-state index in [0.29, 0.717) is 9.21 Å². The molecular weight excluding hydrogens is 442 g/mol. The summed E-state index contributed by atoms with van der Waals surface area (Å²) >= 11 is 10.3. The Labute approximate surface area is 168 Å². The molecule has 1 amide bonds. The van der Waals surface area contributed by atoms with Crippen LogP contribution in [0.5, 0.6) is 0 Å². The molecule has 2 aromatic rings. The van der Waals surface area contributed by atoms with Crippen molar-refractivity contribution in [2.45, 2.75) is 25.8 Å². The van der Waals surface area contributed by atoms with E-state index < -0.39 is 11.9 Å². The zero-order valence-corrected chi connectivity index (χ0v) is 17.1. The normalized spacial score (nSPS) is 11.7. The molecule has 0 aliphatic carbocycles. The number of Topliss-reactive ketones (excluding diaryl/α,β-unsaturated/α-hetero) is 1. The van der Waals surface area contributed by atoms with Gasteiger partial charge >= 0.3 is 5.97 Å². The van der Waals surface area contributed by atoms with Crippen molar-refractivity contribution in [3.8, 4) is 0 Å². The molecule has 1 N–H and O–H groups in total. The van der Waals surface area contributed by atoms with Gasteiger partial charge in [-0.3, -0.25) is 14.4 Å². The first-order valence-corrected chi connectivity index (χ1v) is 9.83. The quantitative estimate of drug-likeness (QED) is 0.465. The van der Waals surface area contributed by atoms with Gasteiger partial charge < -0.3 is 10.1 Å². The molecule has 1 heterocycles. The van der Waals surface area contributed by atoms with Crippen LogP contribution in [-0.4, -0.2) is 24.3 Å². The summed E-state index contributed by atoms with van der Waals surface area (Å²) in [5.41, 5.74) is 0.938. The predicted octanol–water partition coefficient (Wildman–Crippen LogP) is 4.55. The molecule has 1 aromatic heterocycles. The van der Waals surface area contributed by atoms with Crippen molar-refractivity contribution in [1.82, 2.24) is 5.32 Å². The van der Waals surface area contributed by atoms with Crippen molar-refractivity contribution in [3.63, 3.8) is 0 Å².